The second-order valence-electron chi connectivity index (χ2n) is 7.65. The Balaban J connectivity index is 1.45. The van der Waals surface area contributed by atoms with Crippen LogP contribution in [0.3, 0.4) is 0 Å². The third-order valence-electron chi connectivity index (χ3n) is 5.64. The highest BCUT2D eigenvalue weighted by molar-refractivity contribution is 6.01. The number of carbonyl (C=O) groups is 1. The lowest BCUT2D eigenvalue weighted by atomic mass is 9.90. The first-order valence-electron chi connectivity index (χ1n) is 10.6. The molecule has 0 radical (unpaired) electrons. The molecule has 0 saturated heterocycles. The van der Waals surface area contributed by atoms with Crippen LogP contribution in [0, 0.1) is 5.82 Å². The number of benzene rings is 3. The van der Waals surface area contributed by atoms with Gasteiger partial charge in [-0.05, 0) is 67.1 Å². The highest BCUT2D eigenvalue weighted by Gasteiger charge is 2.30. The predicted molar refractivity (Wildman–Crippen MR) is 117 cm³/mol. The number of amides is 1. The van der Waals surface area contributed by atoms with E-state index in [1.54, 1.807) is 12.1 Å². The van der Waals surface area contributed by atoms with E-state index in [0.717, 1.165) is 36.0 Å². The normalized spacial score (nSPS) is 13.5. The summed E-state index contributed by atoms with van der Waals surface area (Å²) in [7, 11) is 0. The molecule has 1 fully saturated rings. The average Bonchev–Trinajstić information content (AvgIpc) is 2.76. The lowest BCUT2D eigenvalue weighted by Gasteiger charge is -2.38. The predicted octanol–water partition coefficient (Wildman–Crippen LogP) is 5.96. The number of ether oxygens (including phenoxy) is 1. The summed E-state index contributed by atoms with van der Waals surface area (Å²) in [5.74, 6) is 0.453. The lowest BCUT2D eigenvalue weighted by molar-refractivity contribution is 0.0566. The van der Waals surface area contributed by atoms with E-state index in [0.29, 0.717) is 24.9 Å². The van der Waals surface area contributed by atoms with Crippen molar-refractivity contribution in [3.05, 3.63) is 90.2 Å². The van der Waals surface area contributed by atoms with E-state index in [9.17, 15) is 9.18 Å². The van der Waals surface area contributed by atoms with Crippen molar-refractivity contribution >= 4 is 5.91 Å². The molecule has 0 heterocycles. The van der Waals surface area contributed by atoms with Crippen molar-refractivity contribution in [1.82, 2.24) is 4.90 Å². The van der Waals surface area contributed by atoms with Gasteiger partial charge in [0.2, 0.25) is 0 Å². The molecule has 0 unspecified atom stereocenters. The smallest absolute Gasteiger partial charge is 0.254 e. The van der Waals surface area contributed by atoms with Crippen LogP contribution in [0.25, 0.3) is 11.1 Å². The molecule has 0 aromatic heterocycles. The molecule has 4 heteroatoms. The van der Waals surface area contributed by atoms with Crippen LogP contribution in [0.1, 0.15) is 36.0 Å². The molecule has 30 heavy (non-hydrogen) atoms. The number of halogens is 1. The van der Waals surface area contributed by atoms with Crippen molar-refractivity contribution < 1.29 is 13.9 Å². The van der Waals surface area contributed by atoms with E-state index >= 15 is 0 Å². The zero-order valence-corrected chi connectivity index (χ0v) is 17.0. The summed E-state index contributed by atoms with van der Waals surface area (Å²) >= 11 is 0. The van der Waals surface area contributed by atoms with Crippen LogP contribution in [-0.2, 0) is 0 Å². The minimum Gasteiger partial charge on any atom is -0.494 e. The Labute approximate surface area is 177 Å². The van der Waals surface area contributed by atoms with Gasteiger partial charge in [-0.1, -0.05) is 48.5 Å². The maximum Gasteiger partial charge on any atom is 0.254 e. The van der Waals surface area contributed by atoms with Gasteiger partial charge in [0.05, 0.1) is 6.61 Å². The molecule has 1 saturated carbocycles. The number of hydrogen-bond donors (Lipinski definition) is 0. The van der Waals surface area contributed by atoms with Crippen LogP contribution in [0.15, 0.2) is 78.9 Å². The van der Waals surface area contributed by atoms with Crippen LogP contribution >= 0.6 is 0 Å². The van der Waals surface area contributed by atoms with Gasteiger partial charge in [-0.3, -0.25) is 4.79 Å². The molecular weight excluding hydrogens is 377 g/mol. The minimum atomic E-state index is -0.277. The van der Waals surface area contributed by atoms with Crippen LogP contribution in [0.5, 0.6) is 5.75 Å². The van der Waals surface area contributed by atoms with E-state index in [2.05, 4.69) is 0 Å². The Morgan fingerprint density at radius 1 is 0.933 bits per heavy atom. The lowest BCUT2D eigenvalue weighted by Crippen LogP contribution is -2.45. The molecular formula is C26H26FNO2. The molecule has 3 aromatic rings. The molecule has 0 atom stereocenters. The Morgan fingerprint density at radius 3 is 2.33 bits per heavy atom. The van der Waals surface area contributed by atoms with Crippen molar-refractivity contribution in [3.8, 4) is 16.9 Å². The van der Waals surface area contributed by atoms with Crippen molar-refractivity contribution in [3.63, 3.8) is 0 Å². The van der Waals surface area contributed by atoms with Gasteiger partial charge in [0.25, 0.3) is 5.91 Å². The number of hydrogen-bond acceptors (Lipinski definition) is 2. The molecule has 3 aromatic carbocycles. The molecule has 0 spiro atoms. The summed E-state index contributed by atoms with van der Waals surface area (Å²) in [5.41, 5.74) is 2.76. The summed E-state index contributed by atoms with van der Waals surface area (Å²) in [5, 5.41) is 0. The number of rotatable bonds is 8. The monoisotopic (exact) mass is 403 g/mol. The number of carbonyl (C=O) groups excluding carboxylic acids is 1. The van der Waals surface area contributed by atoms with Gasteiger partial charge < -0.3 is 9.64 Å². The summed E-state index contributed by atoms with van der Waals surface area (Å²) in [6.07, 6.45) is 4.00. The van der Waals surface area contributed by atoms with E-state index in [4.69, 9.17) is 4.74 Å². The van der Waals surface area contributed by atoms with Crippen LogP contribution in [0.2, 0.25) is 0 Å². The van der Waals surface area contributed by atoms with Gasteiger partial charge in [-0.25, -0.2) is 4.39 Å². The average molecular weight is 403 g/mol. The first-order chi connectivity index (χ1) is 14.7. The van der Waals surface area contributed by atoms with E-state index in [1.807, 2.05) is 59.5 Å². The maximum absolute atomic E-state index is 13.5. The molecule has 1 aliphatic rings. The Hall–Kier alpha value is -3.14. The van der Waals surface area contributed by atoms with Gasteiger partial charge in [0.1, 0.15) is 11.6 Å². The largest absolute Gasteiger partial charge is 0.494 e. The fourth-order valence-corrected chi connectivity index (χ4v) is 3.80. The van der Waals surface area contributed by atoms with E-state index in [-0.39, 0.29) is 11.7 Å². The fraction of sp³-hybridized carbons (Fsp3) is 0.269. The first-order valence-corrected chi connectivity index (χ1v) is 10.6. The topological polar surface area (TPSA) is 29.5 Å². The summed E-state index contributed by atoms with van der Waals surface area (Å²) in [4.78, 5) is 15.5. The molecule has 3 nitrogen and oxygen atoms in total. The summed E-state index contributed by atoms with van der Waals surface area (Å²) in [6, 6.07) is 24.2. The zero-order valence-electron chi connectivity index (χ0n) is 17.0. The molecule has 154 valence electrons. The van der Waals surface area contributed by atoms with Gasteiger partial charge in [-0.15, -0.1) is 0 Å². The van der Waals surface area contributed by atoms with Crippen molar-refractivity contribution in [2.45, 2.75) is 31.7 Å². The Bertz CT molecular complexity index is 968. The van der Waals surface area contributed by atoms with Crippen molar-refractivity contribution in [1.29, 1.82) is 0 Å². The second-order valence-corrected chi connectivity index (χ2v) is 7.65. The molecule has 0 bridgehead atoms. The zero-order chi connectivity index (χ0) is 20.8. The highest BCUT2D eigenvalue weighted by atomic mass is 19.1. The minimum absolute atomic E-state index is 0.0842. The second kappa shape index (κ2) is 9.57. The van der Waals surface area contributed by atoms with E-state index < -0.39 is 0 Å². The Kier molecular flexibility index (Phi) is 6.43. The molecule has 1 aliphatic carbocycles. The summed E-state index contributed by atoms with van der Waals surface area (Å²) in [6.45, 7) is 1.14. The van der Waals surface area contributed by atoms with Crippen molar-refractivity contribution in [2.24, 2.45) is 0 Å². The molecule has 0 N–H and O–H groups in total. The number of nitrogens with zero attached hydrogens (tertiary/aromatic N) is 1. The van der Waals surface area contributed by atoms with Crippen LogP contribution in [-0.4, -0.2) is 30.0 Å². The third kappa shape index (κ3) is 4.70. The van der Waals surface area contributed by atoms with Gasteiger partial charge in [0, 0.05) is 18.2 Å². The van der Waals surface area contributed by atoms with Gasteiger partial charge in [-0.2, -0.15) is 0 Å². The van der Waals surface area contributed by atoms with Crippen molar-refractivity contribution in [2.75, 3.05) is 13.2 Å². The maximum atomic E-state index is 13.5. The van der Waals surface area contributed by atoms with Gasteiger partial charge in [0.15, 0.2) is 0 Å². The highest BCUT2D eigenvalue weighted by Crippen LogP contribution is 2.30. The molecule has 4 rings (SSSR count). The summed E-state index contributed by atoms with van der Waals surface area (Å²) < 4.78 is 18.7. The third-order valence-corrected chi connectivity index (χ3v) is 5.64. The Morgan fingerprint density at radius 2 is 1.63 bits per heavy atom. The fourth-order valence-electron chi connectivity index (χ4n) is 3.80. The SMILES string of the molecule is O=C(c1ccccc1-c1ccccc1)N(CCCOc1ccc(F)cc1)C1CCC1. The van der Waals surface area contributed by atoms with Gasteiger partial charge >= 0.3 is 0 Å². The molecule has 1 amide bonds. The standard InChI is InChI=1S/C26H26FNO2/c27-21-14-16-23(17-15-21)30-19-7-18-28(22-10-6-11-22)26(29)25-13-5-4-12-24(25)20-8-2-1-3-9-20/h1-5,8-9,12-17,22H,6-7,10-11,18-19H2. The first kappa shape index (κ1) is 20.1. The quantitative estimate of drug-likeness (QED) is 0.435. The molecule has 0 aliphatic heterocycles. The van der Waals surface area contributed by atoms with Crippen LogP contribution in [0.4, 0.5) is 4.39 Å². The van der Waals surface area contributed by atoms with E-state index in [1.165, 1.54) is 18.6 Å². The van der Waals surface area contributed by atoms with Crippen LogP contribution < -0.4 is 4.74 Å².